The van der Waals surface area contributed by atoms with Crippen molar-refractivity contribution >= 4 is 41.5 Å². The molecule has 1 aromatic carbocycles. The van der Waals surface area contributed by atoms with E-state index in [0.29, 0.717) is 32.3 Å². The summed E-state index contributed by atoms with van der Waals surface area (Å²) in [6.07, 6.45) is 0. The van der Waals surface area contributed by atoms with Gasteiger partial charge >= 0.3 is 0 Å². The average Bonchev–Trinajstić information content (AvgIpc) is 2.71. The van der Waals surface area contributed by atoms with Crippen molar-refractivity contribution in [2.75, 3.05) is 51.3 Å². The Hall–Kier alpha value is -1.60. The first kappa shape index (κ1) is 26.4. The second-order valence-corrected chi connectivity index (χ2v) is 7.23. The summed E-state index contributed by atoms with van der Waals surface area (Å²) < 4.78 is 45.3. The van der Waals surface area contributed by atoms with Crippen molar-refractivity contribution in [2.45, 2.75) is 26.3 Å². The molecule has 0 bridgehead atoms. The second-order valence-electron chi connectivity index (χ2n) is 7.23. The quantitative estimate of drug-likeness (QED) is 0.213. The van der Waals surface area contributed by atoms with Gasteiger partial charge in [0.2, 0.25) is 5.91 Å². The van der Waals surface area contributed by atoms with Gasteiger partial charge in [-0.2, -0.15) is 0 Å². The van der Waals surface area contributed by atoms with Crippen LogP contribution >= 0.6 is 24.0 Å². The van der Waals surface area contributed by atoms with Crippen molar-refractivity contribution in [3.63, 3.8) is 0 Å². The van der Waals surface area contributed by atoms with E-state index in [9.17, 15) is 18.0 Å². The van der Waals surface area contributed by atoms with Crippen LogP contribution in [0.5, 0.6) is 0 Å². The fourth-order valence-corrected chi connectivity index (χ4v) is 2.89. The number of anilines is 1. The van der Waals surface area contributed by atoms with E-state index < -0.39 is 29.0 Å². The van der Waals surface area contributed by atoms with E-state index >= 15 is 0 Å². The molecule has 1 aliphatic rings. The third-order valence-electron chi connectivity index (χ3n) is 4.59. The van der Waals surface area contributed by atoms with Crippen molar-refractivity contribution in [2.24, 2.45) is 4.99 Å². The minimum atomic E-state index is -1.63. The van der Waals surface area contributed by atoms with Crippen LogP contribution in [0.1, 0.15) is 20.8 Å². The highest BCUT2D eigenvalue weighted by atomic mass is 127. The zero-order valence-electron chi connectivity index (χ0n) is 17.4. The molecule has 0 saturated carbocycles. The summed E-state index contributed by atoms with van der Waals surface area (Å²) in [6.45, 7) is 10.0. The maximum absolute atomic E-state index is 13.7. The Morgan fingerprint density at radius 3 is 2.47 bits per heavy atom. The number of hydrogen-bond donors (Lipinski definition) is 3. The van der Waals surface area contributed by atoms with Gasteiger partial charge in [-0.1, -0.05) is 0 Å². The lowest BCUT2D eigenvalue weighted by atomic mass is 10.0. The molecule has 11 heteroatoms. The summed E-state index contributed by atoms with van der Waals surface area (Å²) in [5.74, 6) is -4.62. The predicted octanol–water partition coefficient (Wildman–Crippen LogP) is 2.33. The Morgan fingerprint density at radius 1 is 1.17 bits per heavy atom. The molecule has 1 heterocycles. The van der Waals surface area contributed by atoms with Crippen molar-refractivity contribution < 1.29 is 22.7 Å². The molecule has 7 nitrogen and oxygen atoms in total. The smallest absolute Gasteiger partial charge is 0.246 e. The number of guanidine groups is 1. The molecule has 0 unspecified atom stereocenters. The molecule has 1 aromatic rings. The first-order valence-electron chi connectivity index (χ1n) is 9.53. The van der Waals surface area contributed by atoms with Crippen LogP contribution in [-0.4, -0.2) is 68.2 Å². The highest BCUT2D eigenvalue weighted by molar-refractivity contribution is 14.0. The van der Waals surface area contributed by atoms with Gasteiger partial charge < -0.3 is 20.7 Å². The van der Waals surface area contributed by atoms with Gasteiger partial charge in [0.25, 0.3) is 0 Å². The first-order valence-corrected chi connectivity index (χ1v) is 9.53. The van der Waals surface area contributed by atoms with Gasteiger partial charge in [-0.25, -0.2) is 18.2 Å². The lowest BCUT2D eigenvalue weighted by molar-refractivity contribution is -0.114. The molecule has 1 fully saturated rings. The Kier molecular flexibility index (Phi) is 10.8. The Balaban J connectivity index is 0.00000450. The van der Waals surface area contributed by atoms with Gasteiger partial charge in [0, 0.05) is 31.7 Å². The van der Waals surface area contributed by atoms with Crippen molar-refractivity contribution in [1.82, 2.24) is 15.5 Å². The molecule has 2 rings (SSSR count). The van der Waals surface area contributed by atoms with Gasteiger partial charge in [-0.05, 0) is 32.9 Å². The number of carbonyl (C=O) groups excluding carboxylic acids is 1. The Labute approximate surface area is 191 Å². The molecule has 3 N–H and O–H groups in total. The van der Waals surface area contributed by atoms with E-state index in [-0.39, 0.29) is 36.1 Å². The fourth-order valence-electron chi connectivity index (χ4n) is 2.89. The fraction of sp³-hybridized carbons (Fsp3) is 0.579. The van der Waals surface area contributed by atoms with E-state index in [1.807, 2.05) is 6.92 Å². The van der Waals surface area contributed by atoms with E-state index in [1.54, 1.807) is 0 Å². The van der Waals surface area contributed by atoms with Gasteiger partial charge in [0.05, 0.1) is 18.9 Å². The molecular formula is C19H29F3IN5O2. The largest absolute Gasteiger partial charge is 0.379 e. The molecule has 30 heavy (non-hydrogen) atoms. The molecule has 0 atom stereocenters. The number of nitrogens with zero attached hydrogens (tertiary/aromatic N) is 2. The van der Waals surface area contributed by atoms with Crippen molar-refractivity contribution in [3.8, 4) is 0 Å². The van der Waals surface area contributed by atoms with E-state index in [1.165, 1.54) is 0 Å². The Bertz CT molecular complexity index is 743. The summed E-state index contributed by atoms with van der Waals surface area (Å²) in [5.41, 5.74) is -0.590. The highest BCUT2D eigenvalue weighted by Crippen LogP contribution is 2.19. The maximum Gasteiger partial charge on any atom is 0.246 e. The number of benzene rings is 1. The molecule has 170 valence electrons. The molecule has 1 saturated heterocycles. The van der Waals surface area contributed by atoms with Gasteiger partial charge in [-0.3, -0.25) is 9.69 Å². The van der Waals surface area contributed by atoms with Gasteiger partial charge in [0.15, 0.2) is 23.4 Å². The third-order valence-corrected chi connectivity index (χ3v) is 4.59. The number of morpholine rings is 1. The molecular weight excluding hydrogens is 514 g/mol. The van der Waals surface area contributed by atoms with Crippen molar-refractivity contribution in [3.05, 3.63) is 29.6 Å². The monoisotopic (exact) mass is 543 g/mol. The molecule has 0 aliphatic carbocycles. The zero-order chi connectivity index (χ0) is 21.4. The zero-order valence-corrected chi connectivity index (χ0v) is 19.7. The molecule has 1 aliphatic heterocycles. The third kappa shape index (κ3) is 7.58. The molecule has 0 radical (unpaired) electrons. The van der Waals surface area contributed by atoms with Crippen LogP contribution in [0.3, 0.4) is 0 Å². The summed E-state index contributed by atoms with van der Waals surface area (Å²) in [6, 6.07) is 1.71. The molecule has 0 spiro atoms. The van der Waals surface area contributed by atoms with Gasteiger partial charge in [0.1, 0.15) is 6.54 Å². The summed E-state index contributed by atoms with van der Waals surface area (Å²) in [4.78, 5) is 18.5. The van der Waals surface area contributed by atoms with Crippen LogP contribution in [-0.2, 0) is 9.53 Å². The number of amides is 1. The standard InChI is InChI=1S/C19H28F3N5O2.HI/c1-4-23-18(25-12-19(2,3)27-7-9-29-10-8-27)24-11-15(28)26-14-6-5-13(20)16(21)17(14)22;/h5-6H,4,7-12H2,1-3H3,(H,26,28)(H2,23,24,25);1H. The SMILES string of the molecule is CCNC(=NCC(=O)Nc1ccc(F)c(F)c1F)NCC(C)(C)N1CCOCC1.I. The number of nitrogens with one attached hydrogen (secondary N) is 3. The topological polar surface area (TPSA) is 78.0 Å². The minimum Gasteiger partial charge on any atom is -0.379 e. The van der Waals surface area contributed by atoms with Crippen LogP contribution in [0.25, 0.3) is 0 Å². The lowest BCUT2D eigenvalue weighted by Gasteiger charge is -2.41. The van der Waals surface area contributed by atoms with E-state index in [2.05, 4.69) is 39.7 Å². The number of halogens is 4. The van der Waals surface area contributed by atoms with Crippen molar-refractivity contribution in [1.29, 1.82) is 0 Å². The van der Waals surface area contributed by atoms with E-state index in [0.717, 1.165) is 25.2 Å². The number of carbonyl (C=O) groups is 1. The number of rotatable bonds is 7. The van der Waals surface area contributed by atoms with E-state index in [4.69, 9.17) is 4.74 Å². The minimum absolute atomic E-state index is 0. The number of hydrogen-bond acceptors (Lipinski definition) is 4. The normalized spacial score (nSPS) is 15.3. The van der Waals surface area contributed by atoms with Gasteiger partial charge in [-0.15, -0.1) is 24.0 Å². The first-order chi connectivity index (χ1) is 13.7. The predicted molar refractivity (Wildman–Crippen MR) is 121 cm³/mol. The number of aliphatic imine (C=N–C) groups is 1. The lowest BCUT2D eigenvalue weighted by Crippen LogP contribution is -2.56. The summed E-state index contributed by atoms with van der Waals surface area (Å²) in [7, 11) is 0. The van der Waals surface area contributed by atoms with Crippen LogP contribution in [0.15, 0.2) is 17.1 Å². The molecule has 0 aromatic heterocycles. The second kappa shape index (κ2) is 12.3. The van der Waals surface area contributed by atoms with Crippen LogP contribution in [0.4, 0.5) is 18.9 Å². The van der Waals surface area contributed by atoms with Crippen LogP contribution in [0, 0.1) is 17.5 Å². The number of ether oxygens (including phenoxy) is 1. The van der Waals surface area contributed by atoms with Crippen LogP contribution in [0.2, 0.25) is 0 Å². The Morgan fingerprint density at radius 2 is 1.83 bits per heavy atom. The highest BCUT2D eigenvalue weighted by Gasteiger charge is 2.28. The van der Waals surface area contributed by atoms with Crippen LogP contribution < -0.4 is 16.0 Å². The molecule has 1 amide bonds. The maximum atomic E-state index is 13.7. The summed E-state index contributed by atoms with van der Waals surface area (Å²) in [5, 5.41) is 8.43. The summed E-state index contributed by atoms with van der Waals surface area (Å²) >= 11 is 0. The average molecular weight is 543 g/mol.